The second kappa shape index (κ2) is 6.75. The van der Waals surface area contributed by atoms with Crippen molar-refractivity contribution in [2.24, 2.45) is 0 Å². The van der Waals surface area contributed by atoms with Crippen LogP contribution in [0.3, 0.4) is 0 Å². The quantitative estimate of drug-likeness (QED) is 0.695. The van der Waals surface area contributed by atoms with Gasteiger partial charge in [0.25, 0.3) is 0 Å². The fraction of sp³-hybridized carbons (Fsp3) is 0.118. The van der Waals surface area contributed by atoms with Gasteiger partial charge in [-0.05, 0) is 49.2 Å². The van der Waals surface area contributed by atoms with E-state index in [1.54, 1.807) is 6.20 Å². The van der Waals surface area contributed by atoms with Crippen molar-refractivity contribution >= 4 is 39.1 Å². The van der Waals surface area contributed by atoms with Crippen molar-refractivity contribution in [3.05, 3.63) is 64.3 Å². The SMILES string of the molecule is Cc1cccc(Nc2nncc(Nc3ccc(C)c(Br)c3)n2)c1. The molecule has 0 unspecified atom stereocenters. The van der Waals surface area contributed by atoms with Crippen LogP contribution in [0.2, 0.25) is 0 Å². The van der Waals surface area contributed by atoms with Crippen LogP contribution in [0.15, 0.2) is 53.1 Å². The number of hydrogen-bond acceptors (Lipinski definition) is 5. The number of nitrogens with zero attached hydrogens (tertiary/aromatic N) is 3. The molecule has 0 bridgehead atoms. The second-order valence-corrected chi connectivity index (χ2v) is 6.10. The molecular formula is C17H16BrN5. The third-order valence-electron chi connectivity index (χ3n) is 3.28. The molecule has 0 aliphatic rings. The molecule has 23 heavy (non-hydrogen) atoms. The maximum atomic E-state index is 4.43. The Labute approximate surface area is 143 Å². The summed E-state index contributed by atoms with van der Waals surface area (Å²) in [4.78, 5) is 4.43. The molecule has 0 atom stereocenters. The lowest BCUT2D eigenvalue weighted by Crippen LogP contribution is -2.02. The first kappa shape index (κ1) is 15.4. The minimum atomic E-state index is 0.451. The summed E-state index contributed by atoms with van der Waals surface area (Å²) in [5, 5.41) is 14.4. The van der Waals surface area contributed by atoms with E-state index in [4.69, 9.17) is 0 Å². The lowest BCUT2D eigenvalue weighted by atomic mass is 10.2. The van der Waals surface area contributed by atoms with Crippen molar-refractivity contribution in [3.8, 4) is 0 Å². The summed E-state index contributed by atoms with van der Waals surface area (Å²) in [6.07, 6.45) is 1.59. The van der Waals surface area contributed by atoms with Crippen LogP contribution in [-0.4, -0.2) is 15.2 Å². The maximum absolute atomic E-state index is 4.43. The van der Waals surface area contributed by atoms with E-state index in [9.17, 15) is 0 Å². The molecule has 1 aromatic heterocycles. The number of anilines is 4. The third kappa shape index (κ3) is 4.04. The highest BCUT2D eigenvalue weighted by Gasteiger charge is 2.03. The Hall–Kier alpha value is -2.47. The van der Waals surface area contributed by atoms with Gasteiger partial charge in [-0.25, -0.2) is 0 Å². The van der Waals surface area contributed by atoms with Crippen molar-refractivity contribution in [1.82, 2.24) is 15.2 Å². The van der Waals surface area contributed by atoms with Crippen LogP contribution < -0.4 is 10.6 Å². The summed E-state index contributed by atoms with van der Waals surface area (Å²) in [6.45, 7) is 4.08. The molecule has 0 saturated heterocycles. The first-order chi connectivity index (χ1) is 11.1. The van der Waals surface area contributed by atoms with Crippen molar-refractivity contribution in [3.63, 3.8) is 0 Å². The Balaban J connectivity index is 1.78. The average Bonchev–Trinajstić information content (AvgIpc) is 2.51. The number of aryl methyl sites for hydroxylation is 2. The summed E-state index contributed by atoms with van der Waals surface area (Å²) >= 11 is 3.52. The molecule has 3 rings (SSSR count). The molecule has 1 heterocycles. The van der Waals surface area contributed by atoms with Gasteiger partial charge in [0.2, 0.25) is 5.95 Å². The normalized spacial score (nSPS) is 10.4. The molecule has 0 fully saturated rings. The van der Waals surface area contributed by atoms with Crippen LogP contribution in [-0.2, 0) is 0 Å². The number of aromatic nitrogens is 3. The number of rotatable bonds is 4. The van der Waals surface area contributed by atoms with Crippen LogP contribution >= 0.6 is 15.9 Å². The van der Waals surface area contributed by atoms with Gasteiger partial charge in [-0.3, -0.25) is 0 Å². The molecule has 6 heteroatoms. The fourth-order valence-electron chi connectivity index (χ4n) is 2.09. The number of hydrogen-bond donors (Lipinski definition) is 2. The van der Waals surface area contributed by atoms with Crippen molar-refractivity contribution in [1.29, 1.82) is 0 Å². The van der Waals surface area contributed by atoms with E-state index < -0.39 is 0 Å². The number of nitrogens with one attached hydrogen (secondary N) is 2. The standard InChI is InChI=1S/C17H16BrN5/c1-11-4-3-5-13(8-11)21-17-22-16(10-19-23-17)20-14-7-6-12(2)15(18)9-14/h3-10H,1-2H3,(H2,20,21,22,23). The molecule has 0 aliphatic heterocycles. The van der Waals surface area contributed by atoms with Gasteiger partial charge in [0.1, 0.15) is 0 Å². The van der Waals surface area contributed by atoms with E-state index in [1.165, 1.54) is 11.1 Å². The smallest absolute Gasteiger partial charge is 0.249 e. The van der Waals surface area contributed by atoms with Crippen molar-refractivity contribution in [2.45, 2.75) is 13.8 Å². The zero-order valence-corrected chi connectivity index (χ0v) is 14.4. The molecule has 0 aliphatic carbocycles. The molecule has 3 aromatic rings. The van der Waals surface area contributed by atoms with Crippen LogP contribution in [0, 0.1) is 13.8 Å². The average molecular weight is 370 g/mol. The van der Waals surface area contributed by atoms with Crippen molar-refractivity contribution in [2.75, 3.05) is 10.6 Å². The monoisotopic (exact) mass is 369 g/mol. The first-order valence-electron chi connectivity index (χ1n) is 7.17. The summed E-state index contributed by atoms with van der Waals surface area (Å²) in [5.74, 6) is 1.08. The van der Waals surface area contributed by atoms with E-state index in [2.05, 4.69) is 41.7 Å². The Bertz CT molecular complexity index is 835. The van der Waals surface area contributed by atoms with E-state index in [-0.39, 0.29) is 0 Å². The van der Waals surface area contributed by atoms with E-state index in [0.717, 1.165) is 15.8 Å². The maximum Gasteiger partial charge on any atom is 0.249 e. The van der Waals surface area contributed by atoms with Crippen LogP contribution in [0.5, 0.6) is 0 Å². The van der Waals surface area contributed by atoms with Gasteiger partial charge in [-0.1, -0.05) is 34.1 Å². The molecule has 0 spiro atoms. The van der Waals surface area contributed by atoms with Gasteiger partial charge in [-0.2, -0.15) is 10.1 Å². The highest BCUT2D eigenvalue weighted by atomic mass is 79.9. The molecular weight excluding hydrogens is 354 g/mol. The predicted molar refractivity (Wildman–Crippen MR) is 96.5 cm³/mol. The van der Waals surface area contributed by atoms with Crippen LogP contribution in [0.4, 0.5) is 23.1 Å². The number of benzene rings is 2. The topological polar surface area (TPSA) is 62.7 Å². The van der Waals surface area contributed by atoms with Gasteiger partial charge in [0.05, 0.1) is 6.20 Å². The minimum Gasteiger partial charge on any atom is -0.339 e. The van der Waals surface area contributed by atoms with E-state index >= 15 is 0 Å². The van der Waals surface area contributed by atoms with Crippen molar-refractivity contribution < 1.29 is 0 Å². The van der Waals surface area contributed by atoms with Crippen LogP contribution in [0.1, 0.15) is 11.1 Å². The summed E-state index contributed by atoms with van der Waals surface area (Å²) < 4.78 is 1.04. The Morgan fingerprint density at radius 3 is 2.57 bits per heavy atom. The van der Waals surface area contributed by atoms with Gasteiger partial charge in [0.15, 0.2) is 5.82 Å². The fourth-order valence-corrected chi connectivity index (χ4v) is 2.47. The minimum absolute atomic E-state index is 0.451. The summed E-state index contributed by atoms with van der Waals surface area (Å²) in [5.41, 5.74) is 4.21. The second-order valence-electron chi connectivity index (χ2n) is 5.25. The lowest BCUT2D eigenvalue weighted by Gasteiger charge is -2.09. The molecule has 2 N–H and O–H groups in total. The third-order valence-corrected chi connectivity index (χ3v) is 4.13. The van der Waals surface area contributed by atoms with Crippen LogP contribution in [0.25, 0.3) is 0 Å². The largest absolute Gasteiger partial charge is 0.339 e. The Kier molecular flexibility index (Phi) is 4.52. The Morgan fingerprint density at radius 1 is 0.957 bits per heavy atom. The number of halogens is 1. The molecule has 0 saturated carbocycles. The summed E-state index contributed by atoms with van der Waals surface area (Å²) in [6, 6.07) is 14.1. The molecule has 0 radical (unpaired) electrons. The highest BCUT2D eigenvalue weighted by molar-refractivity contribution is 9.10. The molecule has 5 nitrogen and oxygen atoms in total. The highest BCUT2D eigenvalue weighted by Crippen LogP contribution is 2.23. The van der Waals surface area contributed by atoms with Gasteiger partial charge < -0.3 is 10.6 Å². The molecule has 0 amide bonds. The predicted octanol–water partition coefficient (Wildman–Crippen LogP) is 4.74. The zero-order valence-electron chi connectivity index (χ0n) is 12.8. The van der Waals surface area contributed by atoms with Gasteiger partial charge >= 0.3 is 0 Å². The van der Waals surface area contributed by atoms with E-state index in [0.29, 0.717) is 11.8 Å². The molecule has 2 aromatic carbocycles. The molecule has 116 valence electrons. The zero-order chi connectivity index (χ0) is 16.2. The first-order valence-corrected chi connectivity index (χ1v) is 7.96. The van der Waals surface area contributed by atoms with Gasteiger partial charge in [-0.15, -0.1) is 5.10 Å². The Morgan fingerprint density at radius 2 is 1.78 bits per heavy atom. The van der Waals surface area contributed by atoms with Gasteiger partial charge in [0, 0.05) is 15.8 Å². The van der Waals surface area contributed by atoms with E-state index in [1.807, 2.05) is 56.3 Å². The summed E-state index contributed by atoms with van der Waals surface area (Å²) in [7, 11) is 0. The lowest BCUT2D eigenvalue weighted by molar-refractivity contribution is 0.982.